The van der Waals surface area contributed by atoms with Crippen LogP contribution in [0.4, 0.5) is 5.69 Å². The molecule has 5 nitrogen and oxygen atoms in total. The number of benzene rings is 1. The minimum atomic E-state index is -0.110. The maximum Gasteiger partial charge on any atom is 0.253 e. The fourth-order valence-corrected chi connectivity index (χ4v) is 3.41. The SMILES string of the molecule is CC(C)CC(=O)NC(=S)N(C)c1ccccc1C(=O)NC1CCCCC1. The van der Waals surface area contributed by atoms with Gasteiger partial charge >= 0.3 is 0 Å². The molecule has 0 heterocycles. The van der Waals surface area contributed by atoms with Crippen molar-refractivity contribution in [1.29, 1.82) is 0 Å². The number of nitrogens with zero attached hydrogens (tertiary/aromatic N) is 1. The van der Waals surface area contributed by atoms with E-state index in [1.165, 1.54) is 19.3 Å². The lowest BCUT2D eigenvalue weighted by Gasteiger charge is -2.26. The highest BCUT2D eigenvalue weighted by Gasteiger charge is 2.21. The largest absolute Gasteiger partial charge is 0.349 e. The maximum atomic E-state index is 12.8. The Morgan fingerprint density at radius 1 is 1.19 bits per heavy atom. The zero-order chi connectivity index (χ0) is 19.1. The third-order valence-electron chi connectivity index (χ3n) is 4.60. The van der Waals surface area contributed by atoms with Gasteiger partial charge in [0.2, 0.25) is 5.91 Å². The summed E-state index contributed by atoms with van der Waals surface area (Å²) >= 11 is 5.36. The van der Waals surface area contributed by atoms with Crippen LogP contribution in [0.3, 0.4) is 0 Å². The van der Waals surface area contributed by atoms with Crippen LogP contribution in [-0.4, -0.2) is 30.0 Å². The predicted octanol–water partition coefficient (Wildman–Crippen LogP) is 3.63. The Kier molecular flexibility index (Phi) is 7.57. The summed E-state index contributed by atoms with van der Waals surface area (Å²) in [7, 11) is 1.77. The van der Waals surface area contributed by atoms with Crippen molar-refractivity contribution in [2.45, 2.75) is 58.4 Å². The number of para-hydroxylation sites is 1. The first-order valence-electron chi connectivity index (χ1n) is 9.36. The molecule has 6 heteroatoms. The number of rotatable bonds is 5. The second-order valence-electron chi connectivity index (χ2n) is 7.34. The van der Waals surface area contributed by atoms with Crippen LogP contribution < -0.4 is 15.5 Å². The number of thiocarbonyl (C=S) groups is 1. The van der Waals surface area contributed by atoms with Gasteiger partial charge in [0, 0.05) is 19.5 Å². The minimum absolute atomic E-state index is 0.0874. The van der Waals surface area contributed by atoms with Gasteiger partial charge in [0.15, 0.2) is 5.11 Å². The zero-order valence-electron chi connectivity index (χ0n) is 15.9. The summed E-state index contributed by atoms with van der Waals surface area (Å²) in [6.07, 6.45) is 6.06. The van der Waals surface area contributed by atoms with Gasteiger partial charge in [0.1, 0.15) is 0 Å². The molecule has 1 aliphatic carbocycles. The number of anilines is 1. The van der Waals surface area contributed by atoms with E-state index < -0.39 is 0 Å². The highest BCUT2D eigenvalue weighted by molar-refractivity contribution is 7.80. The Balaban J connectivity index is 2.07. The average Bonchev–Trinajstić information content (AvgIpc) is 2.61. The monoisotopic (exact) mass is 375 g/mol. The average molecular weight is 376 g/mol. The molecule has 2 N–H and O–H groups in total. The topological polar surface area (TPSA) is 61.4 Å². The van der Waals surface area contributed by atoms with Gasteiger partial charge in [-0.05, 0) is 43.1 Å². The number of hydrogen-bond donors (Lipinski definition) is 2. The maximum absolute atomic E-state index is 12.8. The van der Waals surface area contributed by atoms with Crippen LogP contribution >= 0.6 is 12.2 Å². The molecule has 0 unspecified atom stereocenters. The Hall–Kier alpha value is -1.95. The molecule has 2 amide bonds. The molecule has 0 atom stereocenters. The molecule has 26 heavy (non-hydrogen) atoms. The van der Waals surface area contributed by atoms with E-state index in [2.05, 4.69) is 10.6 Å². The summed E-state index contributed by atoms with van der Waals surface area (Å²) in [4.78, 5) is 26.4. The van der Waals surface area contributed by atoms with Gasteiger partial charge in [-0.25, -0.2) is 0 Å². The Morgan fingerprint density at radius 2 is 1.85 bits per heavy atom. The molecule has 0 saturated heterocycles. The highest BCUT2D eigenvalue weighted by Crippen LogP contribution is 2.22. The van der Waals surface area contributed by atoms with Crippen LogP contribution in [0.25, 0.3) is 0 Å². The van der Waals surface area contributed by atoms with Crippen LogP contribution in [0, 0.1) is 5.92 Å². The van der Waals surface area contributed by atoms with Crippen LogP contribution in [0.2, 0.25) is 0 Å². The normalized spacial score (nSPS) is 14.8. The van der Waals surface area contributed by atoms with E-state index in [1.807, 2.05) is 32.0 Å². The summed E-state index contributed by atoms with van der Waals surface area (Å²) in [6.45, 7) is 3.97. The van der Waals surface area contributed by atoms with E-state index in [-0.39, 0.29) is 23.8 Å². The number of amides is 2. The molecular formula is C20H29N3O2S. The highest BCUT2D eigenvalue weighted by atomic mass is 32.1. The summed E-state index contributed by atoms with van der Waals surface area (Å²) in [5.74, 6) is 0.0632. The molecule has 142 valence electrons. The lowest BCUT2D eigenvalue weighted by atomic mass is 9.95. The molecule has 0 bridgehead atoms. The van der Waals surface area contributed by atoms with E-state index >= 15 is 0 Å². The lowest BCUT2D eigenvalue weighted by Crippen LogP contribution is -2.42. The zero-order valence-corrected chi connectivity index (χ0v) is 16.7. The number of hydrogen-bond acceptors (Lipinski definition) is 3. The van der Waals surface area contributed by atoms with Gasteiger partial charge in [-0.1, -0.05) is 45.2 Å². The first kappa shape index (κ1) is 20.4. The third kappa shape index (κ3) is 5.80. The van der Waals surface area contributed by atoms with Gasteiger partial charge in [0.05, 0.1) is 11.3 Å². The van der Waals surface area contributed by atoms with Gasteiger partial charge in [-0.2, -0.15) is 0 Å². The molecule has 0 aromatic heterocycles. The minimum Gasteiger partial charge on any atom is -0.349 e. The second kappa shape index (κ2) is 9.67. The fraction of sp³-hybridized carbons (Fsp3) is 0.550. The molecule has 0 aliphatic heterocycles. The molecular weight excluding hydrogens is 346 g/mol. The van der Waals surface area contributed by atoms with Crippen LogP contribution in [0.1, 0.15) is 62.7 Å². The van der Waals surface area contributed by atoms with E-state index in [0.29, 0.717) is 22.8 Å². The van der Waals surface area contributed by atoms with Crippen molar-refractivity contribution in [2.75, 3.05) is 11.9 Å². The van der Waals surface area contributed by atoms with E-state index in [9.17, 15) is 9.59 Å². The second-order valence-corrected chi connectivity index (χ2v) is 7.72. The van der Waals surface area contributed by atoms with Crippen molar-refractivity contribution < 1.29 is 9.59 Å². The number of carbonyl (C=O) groups is 2. The van der Waals surface area contributed by atoms with Crippen LogP contribution in [0.15, 0.2) is 24.3 Å². The molecule has 1 aliphatic rings. The van der Waals surface area contributed by atoms with Crippen molar-refractivity contribution in [1.82, 2.24) is 10.6 Å². The Bertz CT molecular complexity index is 654. The van der Waals surface area contributed by atoms with Gasteiger partial charge < -0.3 is 15.5 Å². The molecule has 1 aromatic rings. The van der Waals surface area contributed by atoms with Crippen LogP contribution in [-0.2, 0) is 4.79 Å². The standard InChI is InChI=1S/C20H29N3O2S/c1-14(2)13-18(24)22-20(26)23(3)17-12-8-7-11-16(17)19(25)21-15-9-5-4-6-10-15/h7-8,11-12,14-15H,4-6,9-10,13H2,1-3H3,(H,21,25)(H,22,24,26). The smallest absolute Gasteiger partial charge is 0.253 e. The molecule has 1 fully saturated rings. The van der Waals surface area contributed by atoms with Crippen molar-refractivity contribution in [3.05, 3.63) is 29.8 Å². The first-order chi connectivity index (χ1) is 12.4. The number of nitrogens with one attached hydrogen (secondary N) is 2. The Labute approximate surface area is 161 Å². The van der Waals surface area contributed by atoms with E-state index in [0.717, 1.165) is 12.8 Å². The van der Waals surface area contributed by atoms with Gasteiger partial charge in [-0.3, -0.25) is 9.59 Å². The van der Waals surface area contributed by atoms with Crippen molar-refractivity contribution in [3.63, 3.8) is 0 Å². The summed E-state index contributed by atoms with van der Waals surface area (Å²) in [6, 6.07) is 7.58. The fourth-order valence-electron chi connectivity index (χ4n) is 3.20. The van der Waals surface area contributed by atoms with Crippen molar-refractivity contribution in [2.24, 2.45) is 5.92 Å². The van der Waals surface area contributed by atoms with Gasteiger partial charge in [0.25, 0.3) is 5.91 Å². The van der Waals surface area contributed by atoms with E-state index in [4.69, 9.17) is 12.2 Å². The number of carbonyl (C=O) groups excluding carboxylic acids is 2. The molecule has 2 rings (SSSR count). The molecule has 0 spiro atoms. The first-order valence-corrected chi connectivity index (χ1v) is 9.76. The van der Waals surface area contributed by atoms with Crippen molar-refractivity contribution >= 4 is 34.8 Å². The van der Waals surface area contributed by atoms with Crippen molar-refractivity contribution in [3.8, 4) is 0 Å². The van der Waals surface area contributed by atoms with E-state index in [1.54, 1.807) is 18.0 Å². The summed E-state index contributed by atoms with van der Waals surface area (Å²) < 4.78 is 0. The molecule has 1 saturated carbocycles. The quantitative estimate of drug-likeness (QED) is 0.772. The molecule has 0 radical (unpaired) electrons. The van der Waals surface area contributed by atoms with Gasteiger partial charge in [-0.15, -0.1) is 0 Å². The Morgan fingerprint density at radius 3 is 2.50 bits per heavy atom. The molecule has 1 aromatic carbocycles. The summed E-state index contributed by atoms with van der Waals surface area (Å²) in [5, 5.41) is 6.18. The lowest BCUT2D eigenvalue weighted by molar-refractivity contribution is -0.120. The summed E-state index contributed by atoms with van der Waals surface area (Å²) in [5.41, 5.74) is 1.26. The third-order valence-corrected chi connectivity index (χ3v) is 4.97. The van der Waals surface area contributed by atoms with Crippen LogP contribution in [0.5, 0.6) is 0 Å². The predicted molar refractivity (Wildman–Crippen MR) is 109 cm³/mol.